The molecule has 0 saturated heterocycles. The summed E-state index contributed by atoms with van der Waals surface area (Å²) in [5, 5.41) is 4.54. The molecule has 0 unspecified atom stereocenters. The van der Waals surface area contributed by atoms with Gasteiger partial charge in [0.2, 0.25) is 0 Å². The van der Waals surface area contributed by atoms with Crippen molar-refractivity contribution in [3.05, 3.63) is 91.0 Å². The fourth-order valence-electron chi connectivity index (χ4n) is 6.36. The molecule has 0 nitrogen and oxygen atoms in total. The van der Waals surface area contributed by atoms with Gasteiger partial charge in [-0.15, -0.1) is 0 Å². The van der Waals surface area contributed by atoms with Gasteiger partial charge in [-0.25, -0.2) is 0 Å². The third-order valence-corrected chi connectivity index (χ3v) is 20.6. The SMILES string of the molecule is CCCCCCCCCCCCCCCCCCCCP(I)(c1ccccc1)(c1ccccc1)c1ccccc1. The van der Waals surface area contributed by atoms with Crippen molar-refractivity contribution >= 4 is 42.2 Å². The number of rotatable bonds is 22. The Morgan fingerprint density at radius 2 is 0.625 bits per heavy atom. The van der Waals surface area contributed by atoms with Gasteiger partial charge in [0.15, 0.2) is 0 Å². The molecule has 0 atom stereocenters. The molecule has 0 saturated carbocycles. The molecule has 0 spiro atoms. The number of benzene rings is 3. The molecule has 0 radical (unpaired) electrons. The standard InChI is InChI=1S/C38H56IP/c1-2-3-4-5-6-7-8-9-10-11-12-13-14-15-16-17-18-28-35-40(39,36-29-22-19-23-30-36,37-31-24-20-25-32-37)38-33-26-21-27-34-38/h19-27,29-34H,2-18,28,35H2,1H3. The molecular weight excluding hydrogens is 614 g/mol. The van der Waals surface area contributed by atoms with Gasteiger partial charge in [-0.05, 0) is 0 Å². The van der Waals surface area contributed by atoms with Gasteiger partial charge in [-0.3, -0.25) is 0 Å². The molecule has 0 fully saturated rings. The summed E-state index contributed by atoms with van der Waals surface area (Å²) >= 11 is 2.94. The third kappa shape index (κ3) is 9.97. The van der Waals surface area contributed by atoms with Crippen molar-refractivity contribution in [1.82, 2.24) is 0 Å². The van der Waals surface area contributed by atoms with E-state index < -0.39 is 4.25 Å². The molecule has 0 bridgehead atoms. The van der Waals surface area contributed by atoms with Crippen LogP contribution in [0.15, 0.2) is 91.0 Å². The number of halogens is 1. The van der Waals surface area contributed by atoms with Crippen molar-refractivity contribution in [2.75, 3.05) is 6.16 Å². The fourth-order valence-corrected chi connectivity index (χ4v) is 15.1. The second kappa shape index (κ2) is 19.1. The Hall–Kier alpha value is -1.18. The van der Waals surface area contributed by atoms with E-state index in [1.54, 1.807) is 0 Å². The Balaban J connectivity index is 1.39. The molecule has 0 aromatic heterocycles. The van der Waals surface area contributed by atoms with Crippen LogP contribution in [0.1, 0.15) is 122 Å². The van der Waals surface area contributed by atoms with E-state index >= 15 is 0 Å². The van der Waals surface area contributed by atoms with Gasteiger partial charge in [-0.1, -0.05) is 51.9 Å². The average molecular weight is 671 g/mol. The first-order valence-corrected chi connectivity index (χ1v) is 21.8. The van der Waals surface area contributed by atoms with Crippen LogP contribution in [0.5, 0.6) is 0 Å². The van der Waals surface area contributed by atoms with Crippen LogP contribution in [0.3, 0.4) is 0 Å². The second-order valence-corrected chi connectivity index (χ2v) is 22.7. The van der Waals surface area contributed by atoms with Crippen LogP contribution in [0.4, 0.5) is 0 Å². The number of hydrogen-bond donors (Lipinski definition) is 0. The van der Waals surface area contributed by atoms with E-state index in [0.717, 1.165) is 0 Å². The van der Waals surface area contributed by atoms with Gasteiger partial charge in [-0.2, -0.15) is 0 Å². The first-order chi connectivity index (χ1) is 19.7. The molecule has 0 N–H and O–H groups in total. The maximum atomic E-state index is 2.94. The summed E-state index contributed by atoms with van der Waals surface area (Å²) < 4.78 is -2.58. The molecule has 3 aromatic carbocycles. The molecule has 220 valence electrons. The van der Waals surface area contributed by atoms with Crippen molar-refractivity contribution in [2.24, 2.45) is 0 Å². The van der Waals surface area contributed by atoms with Crippen LogP contribution < -0.4 is 15.9 Å². The molecule has 3 aromatic rings. The monoisotopic (exact) mass is 670 g/mol. The van der Waals surface area contributed by atoms with Crippen molar-refractivity contribution in [1.29, 1.82) is 0 Å². The van der Waals surface area contributed by atoms with E-state index in [9.17, 15) is 0 Å². The van der Waals surface area contributed by atoms with Gasteiger partial charge in [0.25, 0.3) is 0 Å². The summed E-state index contributed by atoms with van der Waals surface area (Å²) in [4.78, 5) is 0. The van der Waals surface area contributed by atoms with Crippen LogP contribution in [0, 0.1) is 0 Å². The summed E-state index contributed by atoms with van der Waals surface area (Å²) in [5.74, 6) is 0. The molecule has 2 heteroatoms. The molecular formula is C38H56IP. The van der Waals surface area contributed by atoms with Crippen LogP contribution in [0.2, 0.25) is 0 Å². The van der Waals surface area contributed by atoms with E-state index in [4.69, 9.17) is 0 Å². The van der Waals surface area contributed by atoms with Crippen molar-refractivity contribution in [3.63, 3.8) is 0 Å². The Morgan fingerprint density at radius 1 is 0.375 bits per heavy atom. The van der Waals surface area contributed by atoms with Gasteiger partial charge in [0.1, 0.15) is 0 Å². The van der Waals surface area contributed by atoms with Gasteiger partial charge >= 0.3 is 210 Å². The van der Waals surface area contributed by atoms with E-state index in [2.05, 4.69) is 120 Å². The zero-order valence-corrected chi connectivity index (χ0v) is 28.5. The second-order valence-electron chi connectivity index (χ2n) is 11.9. The van der Waals surface area contributed by atoms with Crippen LogP contribution in [0.25, 0.3) is 0 Å². The molecule has 0 aliphatic heterocycles. The van der Waals surface area contributed by atoms with Gasteiger partial charge in [0.05, 0.1) is 0 Å². The summed E-state index contributed by atoms with van der Waals surface area (Å²) in [7, 11) is 0. The van der Waals surface area contributed by atoms with Crippen LogP contribution in [-0.4, -0.2) is 6.16 Å². The van der Waals surface area contributed by atoms with Gasteiger partial charge < -0.3 is 0 Å². The van der Waals surface area contributed by atoms with E-state index in [1.165, 1.54) is 138 Å². The summed E-state index contributed by atoms with van der Waals surface area (Å²) in [6.45, 7) is 2.30. The molecule has 0 aliphatic carbocycles. The molecule has 0 aliphatic rings. The summed E-state index contributed by atoms with van der Waals surface area (Å²) in [6.07, 6.45) is 26.9. The Morgan fingerprint density at radius 3 is 0.900 bits per heavy atom. The third-order valence-electron chi connectivity index (χ3n) is 8.82. The van der Waals surface area contributed by atoms with E-state index in [1.807, 2.05) is 0 Å². The quantitative estimate of drug-likeness (QED) is 0.0567. The van der Waals surface area contributed by atoms with Gasteiger partial charge in [0, 0.05) is 0 Å². The number of hydrogen-bond acceptors (Lipinski definition) is 0. The van der Waals surface area contributed by atoms with E-state index in [-0.39, 0.29) is 0 Å². The Labute approximate surface area is 260 Å². The average Bonchev–Trinajstić information content (AvgIpc) is 3.02. The van der Waals surface area contributed by atoms with Crippen molar-refractivity contribution in [3.8, 4) is 0 Å². The topological polar surface area (TPSA) is 0 Å². The van der Waals surface area contributed by atoms with Crippen LogP contribution >= 0.6 is 26.3 Å². The molecule has 0 amide bonds. The normalized spacial score (nSPS) is 12.7. The Bertz CT molecular complexity index is 918. The summed E-state index contributed by atoms with van der Waals surface area (Å²) in [6, 6.07) is 34.2. The van der Waals surface area contributed by atoms with Crippen molar-refractivity contribution < 1.29 is 0 Å². The molecule has 0 heterocycles. The minimum absolute atomic E-state index is 1.24. The zero-order chi connectivity index (χ0) is 28.2. The molecule has 40 heavy (non-hydrogen) atoms. The fraction of sp³-hybridized carbons (Fsp3) is 0.526. The maximum absolute atomic E-state index is 2.94. The van der Waals surface area contributed by atoms with E-state index in [0.29, 0.717) is 0 Å². The first kappa shape index (κ1) is 33.3. The minimum atomic E-state index is -2.58. The van der Waals surface area contributed by atoms with Crippen molar-refractivity contribution in [2.45, 2.75) is 122 Å². The Kier molecular flexibility index (Phi) is 15.9. The molecule has 3 rings (SSSR count). The first-order valence-electron chi connectivity index (χ1n) is 16.6. The zero-order valence-electron chi connectivity index (χ0n) is 25.4. The van der Waals surface area contributed by atoms with Crippen LogP contribution in [-0.2, 0) is 0 Å². The summed E-state index contributed by atoms with van der Waals surface area (Å²) in [5.41, 5.74) is 0. The predicted octanol–water partition coefficient (Wildman–Crippen LogP) is 11.9. The number of unbranched alkanes of at least 4 members (excludes halogenated alkanes) is 17. The predicted molar refractivity (Wildman–Crippen MR) is 193 cm³/mol.